The lowest BCUT2D eigenvalue weighted by Gasteiger charge is -2.28. The molecule has 0 spiro atoms. The maximum Gasteiger partial charge on any atom is 0.317 e. The summed E-state index contributed by atoms with van der Waals surface area (Å²) < 4.78 is 0. The molecule has 0 unspecified atom stereocenters. The lowest BCUT2D eigenvalue weighted by molar-refractivity contribution is 0.0480. The average Bonchev–Trinajstić information content (AvgIpc) is 2.80. The van der Waals surface area contributed by atoms with Crippen LogP contribution in [0.15, 0.2) is 24.3 Å². The largest absolute Gasteiger partial charge is 0.389 e. The minimum Gasteiger partial charge on any atom is -0.389 e. The second-order valence-electron chi connectivity index (χ2n) is 6.58. The van der Waals surface area contributed by atoms with Crippen LogP contribution in [-0.2, 0) is 6.42 Å². The number of aryl methyl sites for hydroxylation is 1. The predicted octanol–water partition coefficient (Wildman–Crippen LogP) is 2.82. The fourth-order valence-electron chi connectivity index (χ4n) is 2.86. The summed E-state index contributed by atoms with van der Waals surface area (Å²) in [6, 6.07) is 8.07. The van der Waals surface area contributed by atoms with Crippen molar-refractivity contribution in [2.45, 2.75) is 39.7 Å². The molecule has 5 nitrogen and oxygen atoms in total. The molecule has 0 saturated carbocycles. The number of urea groups is 1. The first kappa shape index (κ1) is 17.3. The number of nitrogens with zero attached hydrogens (tertiary/aromatic N) is 1. The quantitative estimate of drug-likeness (QED) is 0.767. The Morgan fingerprint density at radius 2 is 2.04 bits per heavy atom. The van der Waals surface area contributed by atoms with E-state index >= 15 is 0 Å². The Morgan fingerprint density at radius 1 is 1.35 bits per heavy atom. The molecule has 1 aromatic heterocycles. The molecule has 0 bridgehead atoms. The van der Waals surface area contributed by atoms with E-state index in [4.69, 9.17) is 0 Å². The van der Waals surface area contributed by atoms with Gasteiger partial charge in [0.05, 0.1) is 12.1 Å². The maximum atomic E-state index is 12.2. The van der Waals surface area contributed by atoms with Crippen LogP contribution in [-0.4, -0.2) is 46.3 Å². The summed E-state index contributed by atoms with van der Waals surface area (Å²) in [6.07, 6.45) is 0.779. The summed E-state index contributed by atoms with van der Waals surface area (Å²) in [5.74, 6) is 0. The van der Waals surface area contributed by atoms with Crippen molar-refractivity contribution in [2.24, 2.45) is 0 Å². The first-order valence-electron chi connectivity index (χ1n) is 8.13. The number of nitrogens with one attached hydrogen (secondary N) is 2. The van der Waals surface area contributed by atoms with Gasteiger partial charge in [-0.3, -0.25) is 0 Å². The normalized spacial score (nSPS) is 11.7. The fourth-order valence-corrected chi connectivity index (χ4v) is 2.86. The highest BCUT2D eigenvalue weighted by Crippen LogP contribution is 2.21. The molecule has 5 heteroatoms. The van der Waals surface area contributed by atoms with Gasteiger partial charge in [0.2, 0.25) is 0 Å². The van der Waals surface area contributed by atoms with Crippen molar-refractivity contribution < 1.29 is 9.90 Å². The number of carbonyl (C=O) groups is 1. The van der Waals surface area contributed by atoms with Crippen molar-refractivity contribution >= 4 is 16.9 Å². The summed E-state index contributed by atoms with van der Waals surface area (Å²) in [5, 5.41) is 14.0. The SMILES string of the molecule is CCN(CC(C)(C)O)C(=O)NCCc1c(C)[nH]c2ccccc12. The van der Waals surface area contributed by atoms with Crippen molar-refractivity contribution in [3.63, 3.8) is 0 Å². The van der Waals surface area contributed by atoms with Gasteiger partial charge in [-0.15, -0.1) is 0 Å². The van der Waals surface area contributed by atoms with Gasteiger partial charge in [0.15, 0.2) is 0 Å². The minimum atomic E-state index is -0.888. The molecule has 2 aromatic rings. The number of rotatable bonds is 6. The summed E-state index contributed by atoms with van der Waals surface area (Å²) in [4.78, 5) is 17.2. The molecular formula is C18H27N3O2. The molecule has 0 atom stereocenters. The highest BCUT2D eigenvalue weighted by Gasteiger charge is 2.21. The first-order chi connectivity index (χ1) is 10.8. The van der Waals surface area contributed by atoms with Crippen LogP contribution in [0.2, 0.25) is 0 Å². The molecule has 0 fully saturated rings. The lowest BCUT2D eigenvalue weighted by Crippen LogP contribution is -2.47. The van der Waals surface area contributed by atoms with Crippen LogP contribution < -0.4 is 5.32 Å². The molecule has 126 valence electrons. The molecule has 1 aromatic carbocycles. The van der Waals surface area contributed by atoms with E-state index < -0.39 is 5.60 Å². The van der Waals surface area contributed by atoms with Crippen LogP contribution in [0, 0.1) is 6.92 Å². The number of benzene rings is 1. The third kappa shape index (κ3) is 4.48. The van der Waals surface area contributed by atoms with E-state index in [0.29, 0.717) is 19.6 Å². The molecule has 2 rings (SSSR count). The Bertz CT molecular complexity index is 670. The number of amides is 2. The standard InChI is InChI=1S/C18H27N3O2/c1-5-21(12-18(3,4)23)17(22)19-11-10-14-13(2)20-16-9-7-6-8-15(14)16/h6-9,20,23H,5,10-12H2,1-4H3,(H,19,22). The third-order valence-electron chi connectivity index (χ3n) is 3.92. The average molecular weight is 317 g/mol. The molecule has 0 aliphatic carbocycles. The Balaban J connectivity index is 1.95. The van der Waals surface area contributed by atoms with Gasteiger partial charge < -0.3 is 20.3 Å². The van der Waals surface area contributed by atoms with E-state index in [1.807, 2.05) is 19.1 Å². The predicted molar refractivity (Wildman–Crippen MR) is 93.7 cm³/mol. The molecule has 0 saturated heterocycles. The fraction of sp³-hybridized carbons (Fsp3) is 0.500. The van der Waals surface area contributed by atoms with Crippen LogP contribution in [0.5, 0.6) is 0 Å². The Kier molecular flexibility index (Phi) is 5.31. The molecule has 3 N–H and O–H groups in total. The van der Waals surface area contributed by atoms with Crippen LogP contribution in [0.1, 0.15) is 32.0 Å². The summed E-state index contributed by atoms with van der Waals surface area (Å²) in [6.45, 7) is 8.85. The van der Waals surface area contributed by atoms with Gasteiger partial charge in [0.1, 0.15) is 0 Å². The van der Waals surface area contributed by atoms with E-state index in [1.54, 1.807) is 18.7 Å². The van der Waals surface area contributed by atoms with Gasteiger partial charge in [-0.2, -0.15) is 0 Å². The topological polar surface area (TPSA) is 68.4 Å². The monoisotopic (exact) mass is 317 g/mol. The molecule has 23 heavy (non-hydrogen) atoms. The minimum absolute atomic E-state index is 0.132. The number of carbonyl (C=O) groups excluding carboxylic acids is 1. The number of fused-ring (bicyclic) bond motifs is 1. The molecule has 2 amide bonds. The number of hydrogen-bond acceptors (Lipinski definition) is 2. The molecular weight excluding hydrogens is 290 g/mol. The summed E-state index contributed by atoms with van der Waals surface area (Å²) in [5.41, 5.74) is 2.63. The van der Waals surface area contributed by atoms with E-state index in [2.05, 4.69) is 29.4 Å². The number of aromatic amines is 1. The Labute approximate surface area is 137 Å². The van der Waals surface area contributed by atoms with Crippen LogP contribution in [0.4, 0.5) is 4.79 Å². The first-order valence-corrected chi connectivity index (χ1v) is 8.13. The van der Waals surface area contributed by atoms with Gasteiger partial charge in [0, 0.05) is 29.7 Å². The van der Waals surface area contributed by atoms with Crippen molar-refractivity contribution in [3.05, 3.63) is 35.5 Å². The van der Waals surface area contributed by atoms with Crippen molar-refractivity contribution in [3.8, 4) is 0 Å². The Morgan fingerprint density at radius 3 is 2.70 bits per heavy atom. The van der Waals surface area contributed by atoms with Crippen LogP contribution >= 0.6 is 0 Å². The van der Waals surface area contributed by atoms with Crippen molar-refractivity contribution in [2.75, 3.05) is 19.6 Å². The number of para-hydroxylation sites is 1. The second-order valence-corrected chi connectivity index (χ2v) is 6.58. The van der Waals surface area contributed by atoms with Crippen molar-refractivity contribution in [1.29, 1.82) is 0 Å². The molecule has 0 aliphatic rings. The maximum absolute atomic E-state index is 12.2. The smallest absolute Gasteiger partial charge is 0.317 e. The number of likely N-dealkylation sites (N-methyl/N-ethyl adjacent to an activating group) is 1. The van der Waals surface area contributed by atoms with Crippen LogP contribution in [0.25, 0.3) is 10.9 Å². The van der Waals surface area contributed by atoms with E-state index in [0.717, 1.165) is 17.6 Å². The lowest BCUT2D eigenvalue weighted by atomic mass is 10.1. The summed E-state index contributed by atoms with van der Waals surface area (Å²) >= 11 is 0. The van der Waals surface area contributed by atoms with Gasteiger partial charge in [-0.25, -0.2) is 4.79 Å². The van der Waals surface area contributed by atoms with Gasteiger partial charge in [-0.1, -0.05) is 18.2 Å². The number of hydrogen-bond donors (Lipinski definition) is 3. The van der Waals surface area contributed by atoms with Crippen molar-refractivity contribution in [1.82, 2.24) is 15.2 Å². The highest BCUT2D eigenvalue weighted by molar-refractivity contribution is 5.84. The summed E-state index contributed by atoms with van der Waals surface area (Å²) in [7, 11) is 0. The molecule has 0 radical (unpaired) electrons. The highest BCUT2D eigenvalue weighted by atomic mass is 16.3. The zero-order chi connectivity index (χ0) is 17.0. The van der Waals surface area contributed by atoms with Gasteiger partial charge >= 0.3 is 6.03 Å². The third-order valence-corrected chi connectivity index (χ3v) is 3.92. The Hall–Kier alpha value is -2.01. The van der Waals surface area contributed by atoms with E-state index in [-0.39, 0.29) is 6.03 Å². The van der Waals surface area contributed by atoms with E-state index in [9.17, 15) is 9.90 Å². The number of aliphatic hydroxyl groups is 1. The zero-order valence-electron chi connectivity index (χ0n) is 14.4. The van der Waals surface area contributed by atoms with Gasteiger partial charge in [0.25, 0.3) is 0 Å². The second kappa shape index (κ2) is 7.04. The zero-order valence-corrected chi connectivity index (χ0v) is 14.4. The molecule has 1 heterocycles. The van der Waals surface area contributed by atoms with Crippen LogP contribution in [0.3, 0.4) is 0 Å². The number of H-pyrrole nitrogens is 1. The number of aromatic nitrogens is 1. The molecule has 0 aliphatic heterocycles. The van der Waals surface area contributed by atoms with E-state index in [1.165, 1.54) is 10.9 Å². The van der Waals surface area contributed by atoms with Gasteiger partial charge in [-0.05, 0) is 45.7 Å².